The second-order valence-corrected chi connectivity index (χ2v) is 12.3. The van der Waals surface area contributed by atoms with Crippen molar-refractivity contribution < 1.29 is 50.5 Å². The number of alkyl halides is 3. The minimum atomic E-state index is -4.79. The second kappa shape index (κ2) is 12.3. The standard InChI is InChI=1S/C26H34F3N3O8S/c1-16(2)31-15-22(24(30-31)38-11-10-33)41(36,37)32-14-19(8-6-17(3)34)39-21-9-7-18(12-20(21)32)13-23(35)40-25(4,5)26(27,28)29/h7,9,12,15-16,19,33H,6,8,10-11,13-14H2,1-5H3/t19-/m0/s1. The molecular weight excluding hydrogens is 571 g/mol. The van der Waals surface area contributed by atoms with Crippen LogP contribution in [0.3, 0.4) is 0 Å². The molecule has 11 nitrogen and oxygen atoms in total. The maximum Gasteiger partial charge on any atom is 0.427 e. The largest absolute Gasteiger partial charge is 0.486 e. The Kier molecular flexibility index (Phi) is 9.63. The highest BCUT2D eigenvalue weighted by Crippen LogP contribution is 2.40. The molecule has 0 spiro atoms. The Morgan fingerprint density at radius 2 is 1.93 bits per heavy atom. The molecule has 0 radical (unpaired) electrons. The number of sulfonamides is 1. The fraction of sp³-hybridized carbons (Fsp3) is 0.577. The third-order valence-corrected chi connectivity index (χ3v) is 8.03. The second-order valence-electron chi connectivity index (χ2n) is 10.4. The lowest BCUT2D eigenvalue weighted by Crippen LogP contribution is -2.44. The number of aromatic nitrogens is 2. The highest BCUT2D eigenvalue weighted by atomic mass is 32.2. The number of hydrogen-bond donors (Lipinski definition) is 1. The van der Waals surface area contributed by atoms with Crippen LogP contribution in [-0.4, -0.2) is 72.7 Å². The molecule has 0 unspecified atom stereocenters. The zero-order valence-corrected chi connectivity index (χ0v) is 24.2. The highest BCUT2D eigenvalue weighted by molar-refractivity contribution is 7.93. The zero-order chi connectivity index (χ0) is 30.8. The summed E-state index contributed by atoms with van der Waals surface area (Å²) >= 11 is 0. The van der Waals surface area contributed by atoms with Crippen molar-refractivity contribution >= 4 is 27.5 Å². The molecular formula is C26H34F3N3O8S. The molecule has 0 fully saturated rings. The topological polar surface area (TPSA) is 137 Å². The molecule has 1 aromatic carbocycles. The van der Waals surface area contributed by atoms with E-state index in [2.05, 4.69) is 9.84 Å². The van der Waals surface area contributed by atoms with Crippen LogP contribution in [0, 0.1) is 0 Å². The summed E-state index contributed by atoms with van der Waals surface area (Å²) in [6, 6.07) is 3.94. The summed E-state index contributed by atoms with van der Waals surface area (Å²) in [5, 5.41) is 13.4. The van der Waals surface area contributed by atoms with Gasteiger partial charge in [0, 0.05) is 18.7 Å². The number of Topliss-reactive ketones (excluding diaryl/α,β-unsaturated/α-hetero) is 1. The smallest absolute Gasteiger partial charge is 0.427 e. The molecule has 41 heavy (non-hydrogen) atoms. The van der Waals surface area contributed by atoms with Gasteiger partial charge in [-0.1, -0.05) is 6.07 Å². The number of anilines is 1. The Labute approximate surface area is 236 Å². The van der Waals surface area contributed by atoms with E-state index in [4.69, 9.17) is 9.47 Å². The molecule has 1 aromatic heterocycles. The van der Waals surface area contributed by atoms with Crippen LogP contribution in [0.2, 0.25) is 0 Å². The maximum atomic E-state index is 14.1. The molecule has 0 saturated carbocycles. The van der Waals surface area contributed by atoms with Gasteiger partial charge in [0.05, 0.1) is 25.3 Å². The van der Waals surface area contributed by atoms with Crippen LogP contribution < -0.4 is 13.8 Å². The van der Waals surface area contributed by atoms with Crippen LogP contribution >= 0.6 is 0 Å². The van der Waals surface area contributed by atoms with Gasteiger partial charge in [-0.2, -0.15) is 13.2 Å². The fourth-order valence-corrected chi connectivity index (χ4v) is 5.48. The van der Waals surface area contributed by atoms with E-state index in [1.54, 1.807) is 13.8 Å². The van der Waals surface area contributed by atoms with Crippen molar-refractivity contribution in [3.05, 3.63) is 30.0 Å². The summed E-state index contributed by atoms with van der Waals surface area (Å²) in [6.07, 6.45) is -4.39. The first-order valence-electron chi connectivity index (χ1n) is 12.9. The minimum Gasteiger partial charge on any atom is -0.486 e. The molecule has 2 aromatic rings. The number of rotatable bonds is 12. The summed E-state index contributed by atoms with van der Waals surface area (Å²) in [5.74, 6) is -1.36. The van der Waals surface area contributed by atoms with Gasteiger partial charge in [-0.15, -0.1) is 5.10 Å². The van der Waals surface area contributed by atoms with Gasteiger partial charge in [0.2, 0.25) is 5.60 Å². The van der Waals surface area contributed by atoms with E-state index in [0.717, 1.165) is 18.2 Å². The molecule has 1 aliphatic rings. The average Bonchev–Trinajstić information content (AvgIpc) is 3.30. The predicted molar refractivity (Wildman–Crippen MR) is 140 cm³/mol. The van der Waals surface area contributed by atoms with Crippen LogP contribution in [-0.2, 0) is 30.8 Å². The maximum absolute atomic E-state index is 14.1. The Morgan fingerprint density at radius 3 is 2.51 bits per heavy atom. The number of nitrogens with zero attached hydrogens (tertiary/aromatic N) is 3. The molecule has 15 heteroatoms. The number of ketones is 1. The van der Waals surface area contributed by atoms with Crippen LogP contribution in [0.4, 0.5) is 18.9 Å². The van der Waals surface area contributed by atoms with Crippen molar-refractivity contribution in [3.63, 3.8) is 0 Å². The number of fused-ring (bicyclic) bond motifs is 1. The van der Waals surface area contributed by atoms with Crippen LogP contribution in [0.5, 0.6) is 11.6 Å². The van der Waals surface area contributed by atoms with E-state index in [1.807, 2.05) is 0 Å². The van der Waals surface area contributed by atoms with Crippen LogP contribution in [0.25, 0.3) is 0 Å². The predicted octanol–water partition coefficient (Wildman–Crippen LogP) is 3.59. The van der Waals surface area contributed by atoms with Gasteiger partial charge >= 0.3 is 12.1 Å². The molecule has 2 heterocycles. The van der Waals surface area contributed by atoms with E-state index >= 15 is 0 Å². The Morgan fingerprint density at radius 1 is 1.24 bits per heavy atom. The number of aliphatic hydroxyl groups is 1. The van der Waals surface area contributed by atoms with Gasteiger partial charge in [0.15, 0.2) is 4.90 Å². The molecule has 3 rings (SSSR count). The Bertz CT molecular complexity index is 1370. The third kappa shape index (κ3) is 7.50. The van der Waals surface area contributed by atoms with Gasteiger partial charge in [-0.3, -0.25) is 13.8 Å². The zero-order valence-electron chi connectivity index (χ0n) is 23.4. The van der Waals surface area contributed by atoms with E-state index < -0.39 is 40.3 Å². The summed E-state index contributed by atoms with van der Waals surface area (Å²) in [5.41, 5.74) is -2.50. The number of ether oxygens (including phenoxy) is 3. The average molecular weight is 606 g/mol. The number of benzene rings is 1. The highest BCUT2D eigenvalue weighted by Gasteiger charge is 2.50. The lowest BCUT2D eigenvalue weighted by atomic mass is 10.1. The Hall–Kier alpha value is -3.33. The molecule has 1 aliphatic heterocycles. The third-order valence-electron chi connectivity index (χ3n) is 6.27. The van der Waals surface area contributed by atoms with E-state index in [9.17, 15) is 36.3 Å². The van der Waals surface area contributed by atoms with Crippen molar-refractivity contribution in [2.75, 3.05) is 24.1 Å². The fourth-order valence-electron chi connectivity index (χ4n) is 3.92. The minimum absolute atomic E-state index is 0.0369. The van der Waals surface area contributed by atoms with E-state index in [-0.39, 0.29) is 72.2 Å². The van der Waals surface area contributed by atoms with Crippen LogP contribution in [0.15, 0.2) is 29.3 Å². The van der Waals surface area contributed by atoms with Gasteiger partial charge < -0.3 is 24.1 Å². The van der Waals surface area contributed by atoms with Crippen LogP contribution in [0.1, 0.15) is 59.1 Å². The van der Waals surface area contributed by atoms with Gasteiger partial charge in [-0.05, 0) is 58.7 Å². The van der Waals surface area contributed by atoms with Crippen molar-refractivity contribution in [2.24, 2.45) is 0 Å². The molecule has 1 N–H and O–H groups in total. The summed E-state index contributed by atoms with van der Waals surface area (Å²) < 4.78 is 86.2. The lowest BCUT2D eigenvalue weighted by Gasteiger charge is -2.35. The molecule has 0 amide bonds. The van der Waals surface area contributed by atoms with Gasteiger partial charge in [-0.25, -0.2) is 8.42 Å². The van der Waals surface area contributed by atoms with Crippen molar-refractivity contribution in [1.82, 2.24) is 9.78 Å². The van der Waals surface area contributed by atoms with E-state index in [1.165, 1.54) is 36.0 Å². The van der Waals surface area contributed by atoms with Gasteiger partial charge in [0.1, 0.15) is 24.2 Å². The number of halogens is 3. The first-order valence-corrected chi connectivity index (χ1v) is 14.3. The number of aliphatic hydroxyl groups excluding tert-OH is 1. The molecule has 1 atom stereocenters. The normalized spacial score (nSPS) is 15.9. The molecule has 0 aliphatic carbocycles. The molecule has 228 valence electrons. The number of carbonyl (C=O) groups is 2. The number of carbonyl (C=O) groups excluding carboxylic acids is 2. The van der Waals surface area contributed by atoms with Gasteiger partial charge in [0.25, 0.3) is 15.9 Å². The number of esters is 1. The van der Waals surface area contributed by atoms with Crippen molar-refractivity contribution in [1.29, 1.82) is 0 Å². The Balaban J connectivity index is 2.03. The molecule has 0 bridgehead atoms. The quantitative estimate of drug-likeness (QED) is 0.360. The lowest BCUT2D eigenvalue weighted by molar-refractivity contribution is -0.257. The first kappa shape index (κ1) is 32.2. The SMILES string of the molecule is CC(=O)CC[C@H]1CN(S(=O)(=O)c2cn(C(C)C)nc2OCCO)c2cc(CC(=O)OC(C)(C)C(F)(F)F)ccc2O1. The summed E-state index contributed by atoms with van der Waals surface area (Å²) in [6.45, 7) is 5.64. The van der Waals surface area contributed by atoms with Crippen molar-refractivity contribution in [2.45, 2.75) is 82.7 Å². The molecule has 0 saturated heterocycles. The van der Waals surface area contributed by atoms with Crippen molar-refractivity contribution in [3.8, 4) is 11.6 Å². The first-order chi connectivity index (χ1) is 19.0. The monoisotopic (exact) mass is 605 g/mol. The summed E-state index contributed by atoms with van der Waals surface area (Å²) in [4.78, 5) is 23.7. The number of hydrogen-bond acceptors (Lipinski definition) is 9. The summed E-state index contributed by atoms with van der Waals surface area (Å²) in [7, 11) is -4.40. The van der Waals surface area contributed by atoms with E-state index in [0.29, 0.717) is 0 Å².